The molecule has 0 spiro atoms. The van der Waals surface area contributed by atoms with Gasteiger partial charge in [-0.2, -0.15) is 0 Å². The number of carbonyl (C=O) groups is 1. The number of aliphatic hydroxyl groups excluding tert-OH is 1. The first-order valence-electron chi connectivity index (χ1n) is 11.1. The van der Waals surface area contributed by atoms with Crippen LogP contribution in [0.25, 0.3) is 0 Å². The predicted molar refractivity (Wildman–Crippen MR) is 121 cm³/mol. The molecule has 3 aromatic rings. The van der Waals surface area contributed by atoms with Gasteiger partial charge in [-0.25, -0.2) is 9.18 Å². The third-order valence-electron chi connectivity index (χ3n) is 5.69. The lowest BCUT2D eigenvalue weighted by molar-refractivity contribution is -0.0905. The highest BCUT2D eigenvalue weighted by Crippen LogP contribution is 2.23. The van der Waals surface area contributed by atoms with E-state index in [1.54, 1.807) is 6.07 Å². The Labute approximate surface area is 191 Å². The maximum atomic E-state index is 13.3. The molecule has 1 fully saturated rings. The molecule has 2 heterocycles. The second-order valence-electron chi connectivity index (χ2n) is 8.20. The molecule has 0 saturated carbocycles. The fourth-order valence-electron chi connectivity index (χ4n) is 4.02. The molecule has 1 aromatic heterocycles. The molecule has 0 bridgehead atoms. The number of carbonyl (C=O) groups excluding carboxylic acids is 1. The summed E-state index contributed by atoms with van der Waals surface area (Å²) in [7, 11) is 0. The van der Waals surface area contributed by atoms with Gasteiger partial charge in [0, 0.05) is 24.8 Å². The lowest BCUT2D eigenvalue weighted by Crippen LogP contribution is -2.52. The fourth-order valence-corrected chi connectivity index (χ4v) is 4.02. The molecule has 0 unspecified atom stereocenters. The summed E-state index contributed by atoms with van der Waals surface area (Å²) in [5, 5.41) is 23.7. The van der Waals surface area contributed by atoms with Crippen LogP contribution >= 0.6 is 0 Å². The van der Waals surface area contributed by atoms with Crippen LogP contribution in [0.1, 0.15) is 30.5 Å². The molecular formula is C24H28FN5O3. The molecule has 174 valence electrons. The molecule has 3 atom stereocenters. The van der Waals surface area contributed by atoms with Crippen molar-refractivity contribution in [2.24, 2.45) is 0 Å². The van der Waals surface area contributed by atoms with Crippen molar-refractivity contribution in [1.29, 1.82) is 0 Å². The van der Waals surface area contributed by atoms with Gasteiger partial charge in [-0.3, -0.25) is 4.68 Å². The molecule has 2 aromatic carbocycles. The highest BCUT2D eigenvalue weighted by molar-refractivity contribution is 5.89. The maximum Gasteiger partial charge on any atom is 0.319 e. The van der Waals surface area contributed by atoms with Gasteiger partial charge in [0.05, 0.1) is 24.4 Å². The zero-order chi connectivity index (χ0) is 23.0. The molecule has 1 aliphatic heterocycles. The Morgan fingerprint density at radius 2 is 2.03 bits per heavy atom. The molecule has 0 radical (unpaired) electrons. The van der Waals surface area contributed by atoms with E-state index in [0.717, 1.165) is 25.0 Å². The number of halogens is 1. The number of aliphatic hydroxyl groups is 1. The van der Waals surface area contributed by atoms with Crippen LogP contribution in [-0.2, 0) is 17.7 Å². The summed E-state index contributed by atoms with van der Waals surface area (Å²) >= 11 is 0. The highest BCUT2D eigenvalue weighted by atomic mass is 19.1. The second kappa shape index (κ2) is 11.0. The van der Waals surface area contributed by atoms with Crippen LogP contribution in [0.3, 0.4) is 0 Å². The molecule has 1 aliphatic rings. The van der Waals surface area contributed by atoms with E-state index < -0.39 is 18.0 Å². The third-order valence-corrected chi connectivity index (χ3v) is 5.69. The highest BCUT2D eigenvalue weighted by Gasteiger charge is 2.31. The van der Waals surface area contributed by atoms with Crippen LogP contribution in [-0.4, -0.2) is 51.0 Å². The fraction of sp³-hybridized carbons (Fsp3) is 0.375. The number of nitrogens with one attached hydrogen (secondary N) is 2. The number of nitrogens with zero attached hydrogens (tertiary/aromatic N) is 3. The number of ether oxygens (including phenoxy) is 1. The second-order valence-corrected chi connectivity index (χ2v) is 8.20. The van der Waals surface area contributed by atoms with Crippen LogP contribution in [0.2, 0.25) is 0 Å². The minimum Gasteiger partial charge on any atom is -0.394 e. The van der Waals surface area contributed by atoms with E-state index in [9.17, 15) is 14.3 Å². The molecule has 4 rings (SSSR count). The van der Waals surface area contributed by atoms with Crippen LogP contribution in [0.5, 0.6) is 0 Å². The first-order chi connectivity index (χ1) is 16.1. The molecule has 9 heteroatoms. The minimum atomic E-state index is -0.508. The van der Waals surface area contributed by atoms with Crippen LogP contribution < -0.4 is 10.6 Å². The maximum absolute atomic E-state index is 13.3. The summed E-state index contributed by atoms with van der Waals surface area (Å²) in [6.07, 6.45) is 4.27. The number of aryl methyl sites for hydroxylation is 1. The van der Waals surface area contributed by atoms with Crippen LogP contribution in [0, 0.1) is 5.82 Å². The summed E-state index contributed by atoms with van der Waals surface area (Å²) in [4.78, 5) is 12.3. The number of anilines is 1. The molecule has 8 nitrogen and oxygen atoms in total. The Hall–Kier alpha value is -3.30. The first kappa shape index (κ1) is 22.9. The number of urea groups is 1. The molecule has 0 aliphatic carbocycles. The number of amides is 2. The lowest BCUT2D eigenvalue weighted by Gasteiger charge is -2.36. The van der Waals surface area contributed by atoms with Crippen molar-refractivity contribution in [3.8, 4) is 0 Å². The molecule has 33 heavy (non-hydrogen) atoms. The lowest BCUT2D eigenvalue weighted by atomic mass is 9.97. The number of hydrogen-bond donors (Lipinski definition) is 3. The van der Waals surface area contributed by atoms with Crippen LogP contribution in [0.4, 0.5) is 14.9 Å². The molecular weight excluding hydrogens is 425 g/mol. The molecule has 3 N–H and O–H groups in total. The van der Waals surface area contributed by atoms with Crippen molar-refractivity contribution in [3.05, 3.63) is 77.9 Å². The Kier molecular flexibility index (Phi) is 7.64. The monoisotopic (exact) mass is 453 g/mol. The smallest absolute Gasteiger partial charge is 0.319 e. The van der Waals surface area contributed by atoms with Gasteiger partial charge in [0.1, 0.15) is 11.9 Å². The van der Waals surface area contributed by atoms with Crippen molar-refractivity contribution in [2.75, 3.05) is 11.9 Å². The van der Waals surface area contributed by atoms with E-state index >= 15 is 0 Å². The molecule has 1 saturated heterocycles. The Bertz CT molecular complexity index is 1050. The summed E-state index contributed by atoms with van der Waals surface area (Å²) in [6.45, 7) is 0.453. The van der Waals surface area contributed by atoms with Crippen molar-refractivity contribution >= 4 is 11.7 Å². The predicted octanol–water partition coefficient (Wildman–Crippen LogP) is 3.13. The summed E-state index contributed by atoms with van der Waals surface area (Å²) < 4.78 is 21.1. The zero-order valence-corrected chi connectivity index (χ0v) is 18.2. The van der Waals surface area contributed by atoms with Crippen molar-refractivity contribution < 1.29 is 19.0 Å². The zero-order valence-electron chi connectivity index (χ0n) is 18.2. The van der Waals surface area contributed by atoms with Gasteiger partial charge in [0.2, 0.25) is 0 Å². The normalized spacial score (nSPS) is 20.4. The van der Waals surface area contributed by atoms with E-state index in [0.29, 0.717) is 18.7 Å². The SMILES string of the molecule is O=C(Nc1cccc(F)c1)N[C@@H]1CC[C@@H](CCn2cc(Cc3ccccc3)nn2)O[C@@H]1CO. The van der Waals surface area contributed by atoms with Crippen molar-refractivity contribution in [1.82, 2.24) is 20.3 Å². The Balaban J connectivity index is 1.23. The van der Waals surface area contributed by atoms with E-state index in [1.165, 1.54) is 23.8 Å². The summed E-state index contributed by atoms with van der Waals surface area (Å²) in [6, 6.07) is 15.0. The molecule has 2 amide bonds. The minimum absolute atomic E-state index is 0.0479. The van der Waals surface area contributed by atoms with Gasteiger partial charge in [-0.05, 0) is 43.0 Å². The van der Waals surface area contributed by atoms with E-state index in [2.05, 4.69) is 33.1 Å². The third kappa shape index (κ3) is 6.59. The van der Waals surface area contributed by atoms with E-state index in [1.807, 2.05) is 29.1 Å². The van der Waals surface area contributed by atoms with Gasteiger partial charge >= 0.3 is 6.03 Å². The van der Waals surface area contributed by atoms with Gasteiger partial charge in [0.25, 0.3) is 0 Å². The van der Waals surface area contributed by atoms with Crippen molar-refractivity contribution in [2.45, 2.75) is 50.5 Å². The topological polar surface area (TPSA) is 101 Å². The largest absolute Gasteiger partial charge is 0.394 e. The van der Waals surface area contributed by atoms with Crippen LogP contribution in [0.15, 0.2) is 60.8 Å². The number of benzene rings is 2. The number of aromatic nitrogens is 3. The Morgan fingerprint density at radius 1 is 1.18 bits per heavy atom. The average Bonchev–Trinajstić information content (AvgIpc) is 3.26. The first-order valence-corrected chi connectivity index (χ1v) is 11.1. The van der Waals surface area contributed by atoms with Gasteiger partial charge in [0.15, 0.2) is 0 Å². The number of hydrogen-bond acceptors (Lipinski definition) is 5. The van der Waals surface area contributed by atoms with E-state index in [4.69, 9.17) is 4.74 Å². The summed E-state index contributed by atoms with van der Waals surface area (Å²) in [5.74, 6) is -0.426. The standard InChI is InChI=1S/C24H28FN5O3/c25-18-7-4-8-19(14-18)26-24(32)27-22-10-9-21(33-23(22)16-31)11-12-30-15-20(28-29-30)13-17-5-2-1-3-6-17/h1-8,14-15,21-23,31H,9-13,16H2,(H2,26,27,32)/t21-,22+,23+/m0/s1. The average molecular weight is 454 g/mol. The summed E-state index contributed by atoms with van der Waals surface area (Å²) in [5.41, 5.74) is 2.46. The van der Waals surface area contributed by atoms with Crippen molar-refractivity contribution in [3.63, 3.8) is 0 Å². The Morgan fingerprint density at radius 3 is 2.82 bits per heavy atom. The van der Waals surface area contributed by atoms with Gasteiger partial charge < -0.3 is 20.5 Å². The van der Waals surface area contributed by atoms with E-state index in [-0.39, 0.29) is 18.8 Å². The van der Waals surface area contributed by atoms with Gasteiger partial charge in [-0.15, -0.1) is 5.10 Å². The van der Waals surface area contributed by atoms with Gasteiger partial charge in [-0.1, -0.05) is 41.6 Å². The number of rotatable bonds is 8. The quantitative estimate of drug-likeness (QED) is 0.487.